The molecule has 1 aliphatic heterocycles. The van der Waals surface area contributed by atoms with E-state index in [1.165, 1.54) is 42.9 Å². The number of para-hydroxylation sites is 2. The Morgan fingerprint density at radius 1 is 1.19 bits per heavy atom. The summed E-state index contributed by atoms with van der Waals surface area (Å²) in [6, 6.07) is 8.61. The number of hydrogen-bond acceptors (Lipinski definition) is 3. The normalized spacial score (nSPS) is 14.6. The Morgan fingerprint density at radius 2 is 2.00 bits per heavy atom. The zero-order valence-corrected chi connectivity index (χ0v) is 12.8. The van der Waals surface area contributed by atoms with E-state index in [9.17, 15) is 0 Å². The zero-order chi connectivity index (χ0) is 14.5. The van der Waals surface area contributed by atoms with E-state index in [1.54, 1.807) is 0 Å². The molecule has 2 heterocycles. The van der Waals surface area contributed by atoms with Crippen LogP contribution in [0.2, 0.25) is 0 Å². The second kappa shape index (κ2) is 6.66. The van der Waals surface area contributed by atoms with Gasteiger partial charge in [-0.25, -0.2) is 0 Å². The number of aromatic nitrogens is 2. The van der Waals surface area contributed by atoms with Gasteiger partial charge in [-0.15, -0.1) is 0 Å². The Hall–Kier alpha value is -1.97. The lowest BCUT2D eigenvalue weighted by molar-refractivity contribution is 0.602. The summed E-state index contributed by atoms with van der Waals surface area (Å²) in [5.74, 6) is 0. The summed E-state index contributed by atoms with van der Waals surface area (Å²) in [6.45, 7) is 6.34. The standard InChI is InChI=1S/C17H24N4/c1-2-9-21-14-15(13-19-21)12-18-16-7-3-4-8-17(16)20-10-5-6-11-20/h3-4,7-8,13-14,18H,2,5-6,9-12H2,1H3. The highest BCUT2D eigenvalue weighted by molar-refractivity contribution is 5.70. The van der Waals surface area contributed by atoms with E-state index in [0.29, 0.717) is 0 Å². The van der Waals surface area contributed by atoms with Crippen LogP contribution < -0.4 is 10.2 Å². The molecular formula is C17H24N4. The number of nitrogens with zero attached hydrogens (tertiary/aromatic N) is 3. The van der Waals surface area contributed by atoms with Crippen molar-refractivity contribution in [1.29, 1.82) is 0 Å². The van der Waals surface area contributed by atoms with Gasteiger partial charge in [-0.2, -0.15) is 5.10 Å². The van der Waals surface area contributed by atoms with Gasteiger partial charge in [-0.3, -0.25) is 4.68 Å². The van der Waals surface area contributed by atoms with Crippen molar-refractivity contribution in [2.45, 2.75) is 39.3 Å². The van der Waals surface area contributed by atoms with Crippen LogP contribution in [0.15, 0.2) is 36.7 Å². The molecule has 2 aromatic rings. The molecule has 0 unspecified atom stereocenters. The first kappa shape index (κ1) is 14.0. The fourth-order valence-corrected chi connectivity index (χ4v) is 2.90. The van der Waals surface area contributed by atoms with Gasteiger partial charge in [0.1, 0.15) is 0 Å². The van der Waals surface area contributed by atoms with Crippen molar-refractivity contribution >= 4 is 11.4 Å². The lowest BCUT2D eigenvalue weighted by atomic mass is 10.2. The molecule has 112 valence electrons. The summed E-state index contributed by atoms with van der Waals surface area (Å²) in [7, 11) is 0. The van der Waals surface area contributed by atoms with Crippen LogP contribution in [0.4, 0.5) is 11.4 Å². The maximum absolute atomic E-state index is 4.38. The Kier molecular flexibility index (Phi) is 4.43. The molecule has 1 N–H and O–H groups in total. The average Bonchev–Trinajstić information content (AvgIpc) is 3.17. The van der Waals surface area contributed by atoms with Crippen LogP contribution in [-0.4, -0.2) is 22.9 Å². The van der Waals surface area contributed by atoms with E-state index < -0.39 is 0 Å². The van der Waals surface area contributed by atoms with Crippen molar-refractivity contribution < 1.29 is 0 Å². The molecular weight excluding hydrogens is 260 g/mol. The molecule has 4 nitrogen and oxygen atoms in total. The molecule has 0 radical (unpaired) electrons. The van der Waals surface area contributed by atoms with Crippen molar-refractivity contribution in [2.24, 2.45) is 0 Å². The van der Waals surface area contributed by atoms with E-state index in [0.717, 1.165) is 19.5 Å². The quantitative estimate of drug-likeness (QED) is 0.881. The molecule has 1 aromatic carbocycles. The number of rotatable bonds is 6. The van der Waals surface area contributed by atoms with Crippen molar-refractivity contribution in [3.05, 3.63) is 42.2 Å². The third-order valence-electron chi connectivity index (χ3n) is 3.97. The van der Waals surface area contributed by atoms with E-state index >= 15 is 0 Å². The average molecular weight is 284 g/mol. The van der Waals surface area contributed by atoms with Gasteiger partial charge in [0.2, 0.25) is 0 Å². The number of hydrogen-bond donors (Lipinski definition) is 1. The Labute approximate surface area is 126 Å². The van der Waals surface area contributed by atoms with Crippen LogP contribution in [0, 0.1) is 0 Å². The molecule has 4 heteroatoms. The third-order valence-corrected chi connectivity index (χ3v) is 3.97. The molecule has 1 aliphatic rings. The van der Waals surface area contributed by atoms with Crippen LogP contribution in [0.3, 0.4) is 0 Å². The highest BCUT2D eigenvalue weighted by atomic mass is 15.3. The third kappa shape index (κ3) is 3.38. The van der Waals surface area contributed by atoms with Gasteiger partial charge in [-0.05, 0) is 31.4 Å². The van der Waals surface area contributed by atoms with Crippen LogP contribution in [0.5, 0.6) is 0 Å². The minimum atomic E-state index is 0.828. The molecule has 1 saturated heterocycles. The second-order valence-corrected chi connectivity index (χ2v) is 5.68. The molecule has 0 amide bonds. The summed E-state index contributed by atoms with van der Waals surface area (Å²) in [6.07, 6.45) is 7.82. The molecule has 0 bridgehead atoms. The number of aryl methyl sites for hydroxylation is 1. The van der Waals surface area contributed by atoms with Crippen molar-refractivity contribution in [2.75, 3.05) is 23.3 Å². The van der Waals surface area contributed by atoms with Gasteiger partial charge in [-0.1, -0.05) is 19.1 Å². The van der Waals surface area contributed by atoms with Crippen LogP contribution in [0.25, 0.3) is 0 Å². The molecule has 21 heavy (non-hydrogen) atoms. The monoisotopic (exact) mass is 284 g/mol. The topological polar surface area (TPSA) is 33.1 Å². The number of nitrogens with one attached hydrogen (secondary N) is 1. The smallest absolute Gasteiger partial charge is 0.0602 e. The lowest BCUT2D eigenvalue weighted by Crippen LogP contribution is -2.19. The van der Waals surface area contributed by atoms with Gasteiger partial charge in [0.25, 0.3) is 0 Å². The fourth-order valence-electron chi connectivity index (χ4n) is 2.90. The van der Waals surface area contributed by atoms with Crippen molar-refractivity contribution in [3.8, 4) is 0 Å². The Morgan fingerprint density at radius 3 is 2.81 bits per heavy atom. The highest BCUT2D eigenvalue weighted by Crippen LogP contribution is 2.28. The predicted octanol–water partition coefficient (Wildman–Crippen LogP) is 3.51. The van der Waals surface area contributed by atoms with Gasteiger partial charge >= 0.3 is 0 Å². The summed E-state index contributed by atoms with van der Waals surface area (Å²) in [4.78, 5) is 2.48. The maximum Gasteiger partial charge on any atom is 0.0602 e. The highest BCUT2D eigenvalue weighted by Gasteiger charge is 2.15. The summed E-state index contributed by atoms with van der Waals surface area (Å²) >= 11 is 0. The van der Waals surface area contributed by atoms with E-state index in [2.05, 4.69) is 52.7 Å². The minimum absolute atomic E-state index is 0.828. The first-order valence-electron chi connectivity index (χ1n) is 7.96. The zero-order valence-electron chi connectivity index (χ0n) is 12.8. The lowest BCUT2D eigenvalue weighted by Gasteiger charge is -2.21. The summed E-state index contributed by atoms with van der Waals surface area (Å²) in [5.41, 5.74) is 3.79. The second-order valence-electron chi connectivity index (χ2n) is 5.68. The molecule has 0 spiro atoms. The van der Waals surface area contributed by atoms with E-state index in [1.807, 2.05) is 10.9 Å². The molecule has 0 atom stereocenters. The van der Waals surface area contributed by atoms with Crippen LogP contribution in [-0.2, 0) is 13.1 Å². The molecule has 0 aliphatic carbocycles. The first-order valence-corrected chi connectivity index (χ1v) is 7.96. The minimum Gasteiger partial charge on any atom is -0.379 e. The number of benzene rings is 1. The fraction of sp³-hybridized carbons (Fsp3) is 0.471. The van der Waals surface area contributed by atoms with E-state index in [-0.39, 0.29) is 0 Å². The van der Waals surface area contributed by atoms with Crippen LogP contribution >= 0.6 is 0 Å². The Bertz CT molecular complexity index is 570. The molecule has 1 aromatic heterocycles. The molecule has 0 saturated carbocycles. The largest absolute Gasteiger partial charge is 0.379 e. The van der Waals surface area contributed by atoms with Gasteiger partial charge in [0, 0.05) is 37.9 Å². The first-order chi connectivity index (χ1) is 10.4. The van der Waals surface area contributed by atoms with Gasteiger partial charge in [0.05, 0.1) is 17.6 Å². The van der Waals surface area contributed by atoms with Gasteiger partial charge < -0.3 is 10.2 Å². The SMILES string of the molecule is CCCn1cc(CNc2ccccc2N2CCCC2)cn1. The molecule has 3 rings (SSSR count). The van der Waals surface area contributed by atoms with Crippen molar-refractivity contribution in [3.63, 3.8) is 0 Å². The predicted molar refractivity (Wildman–Crippen MR) is 87.7 cm³/mol. The maximum atomic E-state index is 4.38. The Balaban J connectivity index is 1.66. The number of anilines is 2. The summed E-state index contributed by atoms with van der Waals surface area (Å²) < 4.78 is 2.02. The van der Waals surface area contributed by atoms with Crippen LogP contribution in [0.1, 0.15) is 31.7 Å². The summed E-state index contributed by atoms with van der Waals surface area (Å²) in [5, 5.41) is 7.95. The van der Waals surface area contributed by atoms with Gasteiger partial charge in [0.15, 0.2) is 0 Å². The van der Waals surface area contributed by atoms with E-state index in [4.69, 9.17) is 0 Å². The van der Waals surface area contributed by atoms with Crippen molar-refractivity contribution in [1.82, 2.24) is 9.78 Å². The molecule has 1 fully saturated rings.